The van der Waals surface area contributed by atoms with E-state index in [-0.39, 0.29) is 10.8 Å². The molecule has 0 atom stereocenters. The van der Waals surface area contributed by atoms with Crippen LogP contribution < -0.4 is 0 Å². The second kappa shape index (κ2) is 5.70. The lowest BCUT2D eigenvalue weighted by molar-refractivity contribution is -0.0550. The molecule has 8 bridgehead atoms. The average molecular weight is 371 g/mol. The molecule has 0 aliphatic heterocycles. The van der Waals surface area contributed by atoms with Crippen molar-refractivity contribution in [3.63, 3.8) is 0 Å². The Kier molecular flexibility index (Phi) is 3.55. The summed E-state index contributed by atoms with van der Waals surface area (Å²) in [6, 6.07) is 0. The smallest absolute Gasteiger partial charge is 0.133 e. The lowest BCUT2D eigenvalue weighted by Crippen LogP contribution is -2.47. The van der Waals surface area contributed by atoms with Crippen LogP contribution in [0.5, 0.6) is 0 Å². The minimum atomic E-state index is -0.0289. The Morgan fingerprint density at radius 2 is 0.815 bits per heavy atom. The maximum Gasteiger partial charge on any atom is 0.133 e. The molecule has 8 fully saturated rings. The first-order valence-electron chi connectivity index (χ1n) is 11.5. The van der Waals surface area contributed by atoms with Crippen LogP contribution in [0.15, 0.2) is 24.0 Å². The Balaban J connectivity index is 1.18. The van der Waals surface area contributed by atoms with Crippen LogP contribution in [0.2, 0.25) is 0 Å². The van der Waals surface area contributed by atoms with Crippen molar-refractivity contribution in [3.8, 4) is 0 Å². The Morgan fingerprint density at radius 1 is 0.556 bits per heavy atom. The highest BCUT2D eigenvalue weighted by atomic mass is 16.5. The number of allylic oxidation sites excluding steroid dienone is 2. The van der Waals surface area contributed by atoms with Gasteiger partial charge in [0.25, 0.3) is 0 Å². The van der Waals surface area contributed by atoms with E-state index in [0.717, 1.165) is 74.0 Å². The van der Waals surface area contributed by atoms with E-state index in [1.165, 1.54) is 38.5 Å². The van der Waals surface area contributed by atoms with Crippen molar-refractivity contribution in [2.45, 2.75) is 77.0 Å². The summed E-state index contributed by atoms with van der Waals surface area (Å²) < 4.78 is 5.71. The highest BCUT2D eigenvalue weighted by Crippen LogP contribution is 2.63. The van der Waals surface area contributed by atoms with Crippen LogP contribution in [0, 0.1) is 46.3 Å². The van der Waals surface area contributed by atoms with E-state index in [1.807, 2.05) is 0 Å². The molecule has 0 radical (unpaired) electrons. The van der Waals surface area contributed by atoms with Gasteiger partial charge in [-0.2, -0.15) is 0 Å². The lowest BCUT2D eigenvalue weighted by atomic mass is 9.49. The molecule has 0 unspecified atom stereocenters. The Bertz CT molecular complexity index is 559. The molecule has 0 heterocycles. The van der Waals surface area contributed by atoms with Crippen LogP contribution in [-0.2, 0) is 4.74 Å². The molecule has 0 aromatic heterocycles. The van der Waals surface area contributed by atoms with Crippen molar-refractivity contribution in [2.75, 3.05) is 0 Å². The number of aliphatic hydroxyl groups is 2. The zero-order valence-electron chi connectivity index (χ0n) is 16.4. The Labute approximate surface area is 162 Å². The van der Waals surface area contributed by atoms with Gasteiger partial charge in [-0.3, -0.25) is 0 Å². The summed E-state index contributed by atoms with van der Waals surface area (Å²) in [7, 11) is 0. The Morgan fingerprint density at radius 3 is 1.07 bits per heavy atom. The highest BCUT2D eigenvalue weighted by molar-refractivity contribution is 5.16. The monoisotopic (exact) mass is 370 g/mol. The van der Waals surface area contributed by atoms with E-state index < -0.39 is 0 Å². The summed E-state index contributed by atoms with van der Waals surface area (Å²) in [6.45, 7) is 0. The molecule has 8 rings (SSSR count). The highest BCUT2D eigenvalue weighted by Gasteiger charge is 2.54. The van der Waals surface area contributed by atoms with Crippen molar-refractivity contribution >= 4 is 0 Å². The first kappa shape index (κ1) is 16.8. The molecular weight excluding hydrogens is 336 g/mol. The molecule has 8 saturated carbocycles. The molecule has 0 aromatic carbocycles. The zero-order chi connectivity index (χ0) is 18.2. The molecule has 8 aliphatic rings. The van der Waals surface area contributed by atoms with Gasteiger partial charge < -0.3 is 14.9 Å². The third-order valence-electron chi connectivity index (χ3n) is 9.52. The SMILES string of the molecule is OC(=COC=C(O)C12CC3CC(CC(C3)C1)C2)C12CC3CC(CC(C3)C1)C2. The van der Waals surface area contributed by atoms with Gasteiger partial charge in [-0.25, -0.2) is 0 Å². The first-order valence-corrected chi connectivity index (χ1v) is 11.5. The van der Waals surface area contributed by atoms with Crippen LogP contribution in [0.1, 0.15) is 77.0 Å². The first-order chi connectivity index (χ1) is 13.0. The van der Waals surface area contributed by atoms with Crippen LogP contribution in [0.25, 0.3) is 0 Å². The van der Waals surface area contributed by atoms with Gasteiger partial charge in [0.15, 0.2) is 0 Å². The molecule has 27 heavy (non-hydrogen) atoms. The average Bonchev–Trinajstić information content (AvgIpc) is 2.59. The second-order valence-corrected chi connectivity index (χ2v) is 11.5. The van der Waals surface area contributed by atoms with Crippen molar-refractivity contribution in [2.24, 2.45) is 46.3 Å². The molecule has 3 heteroatoms. The number of aliphatic hydroxyl groups excluding tert-OH is 2. The van der Waals surface area contributed by atoms with Crippen LogP contribution >= 0.6 is 0 Å². The molecule has 2 N–H and O–H groups in total. The van der Waals surface area contributed by atoms with Crippen LogP contribution in [0.3, 0.4) is 0 Å². The van der Waals surface area contributed by atoms with Crippen molar-refractivity contribution in [3.05, 3.63) is 24.0 Å². The van der Waals surface area contributed by atoms with E-state index >= 15 is 0 Å². The van der Waals surface area contributed by atoms with Crippen LogP contribution in [0.4, 0.5) is 0 Å². The summed E-state index contributed by atoms with van der Waals surface area (Å²) in [6.07, 6.45) is 18.2. The van der Waals surface area contributed by atoms with Gasteiger partial charge in [-0.1, -0.05) is 0 Å². The third-order valence-corrected chi connectivity index (χ3v) is 9.52. The van der Waals surface area contributed by atoms with Gasteiger partial charge in [-0.05, 0) is 113 Å². The zero-order valence-corrected chi connectivity index (χ0v) is 16.4. The fourth-order valence-electron chi connectivity index (χ4n) is 9.26. The van der Waals surface area contributed by atoms with Gasteiger partial charge in [-0.15, -0.1) is 0 Å². The molecule has 0 amide bonds. The maximum atomic E-state index is 10.9. The van der Waals surface area contributed by atoms with E-state index in [0.29, 0.717) is 11.5 Å². The molecule has 148 valence electrons. The fraction of sp³-hybridized carbons (Fsp3) is 0.833. The third kappa shape index (κ3) is 2.59. The Hall–Kier alpha value is -1.12. The number of hydrogen-bond acceptors (Lipinski definition) is 3. The predicted molar refractivity (Wildman–Crippen MR) is 104 cm³/mol. The normalized spacial score (nSPS) is 53.2. The molecule has 0 spiro atoms. The van der Waals surface area contributed by atoms with E-state index in [2.05, 4.69) is 0 Å². The lowest BCUT2D eigenvalue weighted by Gasteiger charge is -2.56. The summed E-state index contributed by atoms with van der Waals surface area (Å²) in [5.41, 5.74) is -0.0577. The number of hydrogen-bond donors (Lipinski definition) is 2. The van der Waals surface area contributed by atoms with Gasteiger partial charge in [0.1, 0.15) is 24.0 Å². The second-order valence-electron chi connectivity index (χ2n) is 11.5. The number of rotatable bonds is 4. The van der Waals surface area contributed by atoms with Gasteiger partial charge in [0.2, 0.25) is 0 Å². The molecule has 0 saturated heterocycles. The minimum Gasteiger partial charge on any atom is -0.508 e. The summed E-state index contributed by atoms with van der Waals surface area (Å²) in [4.78, 5) is 0. The number of ether oxygens (including phenoxy) is 1. The van der Waals surface area contributed by atoms with Crippen molar-refractivity contribution in [1.82, 2.24) is 0 Å². The summed E-state index contributed by atoms with van der Waals surface area (Å²) in [5, 5.41) is 21.8. The predicted octanol–water partition coefficient (Wildman–Crippen LogP) is 6.23. The maximum absolute atomic E-state index is 10.9. The summed E-state index contributed by atoms with van der Waals surface area (Å²) >= 11 is 0. The molecule has 3 nitrogen and oxygen atoms in total. The van der Waals surface area contributed by atoms with Gasteiger partial charge in [0.05, 0.1) is 0 Å². The van der Waals surface area contributed by atoms with E-state index in [4.69, 9.17) is 4.74 Å². The van der Waals surface area contributed by atoms with Crippen LogP contribution in [-0.4, -0.2) is 10.2 Å². The fourth-order valence-corrected chi connectivity index (χ4v) is 9.26. The van der Waals surface area contributed by atoms with Gasteiger partial charge in [0, 0.05) is 10.8 Å². The quantitative estimate of drug-likeness (QED) is 0.576. The van der Waals surface area contributed by atoms with E-state index in [1.54, 1.807) is 12.5 Å². The van der Waals surface area contributed by atoms with E-state index in [9.17, 15) is 10.2 Å². The van der Waals surface area contributed by atoms with Crippen molar-refractivity contribution < 1.29 is 14.9 Å². The van der Waals surface area contributed by atoms with Gasteiger partial charge >= 0.3 is 0 Å². The molecule has 0 aromatic rings. The topological polar surface area (TPSA) is 49.7 Å². The molecule has 8 aliphatic carbocycles. The molecular formula is C24H34O3. The van der Waals surface area contributed by atoms with Crippen molar-refractivity contribution in [1.29, 1.82) is 0 Å². The minimum absolute atomic E-state index is 0.0289. The standard InChI is InChI=1S/C24H34O3/c25-21(23-7-15-1-16(8-23)3-17(2-15)9-23)13-27-14-22(26)24-10-18-4-19(11-24)6-20(5-18)12-24/h13-20,25-26H,1-12H2. The summed E-state index contributed by atoms with van der Waals surface area (Å²) in [5.74, 6) is 5.73. The largest absolute Gasteiger partial charge is 0.508 e.